The second-order valence-corrected chi connectivity index (χ2v) is 10.2. The van der Waals surface area contributed by atoms with Crippen LogP contribution in [-0.4, -0.2) is 24.0 Å². The van der Waals surface area contributed by atoms with Crippen molar-refractivity contribution in [1.29, 1.82) is 0 Å². The molecule has 6 heteroatoms. The van der Waals surface area contributed by atoms with E-state index in [0.29, 0.717) is 12.0 Å². The molecular formula is C20H28O5S. The molecule has 2 N–H and O–H groups in total. The highest BCUT2D eigenvalue weighted by Crippen LogP contribution is 2.57. The van der Waals surface area contributed by atoms with Crippen molar-refractivity contribution in [3.05, 3.63) is 28.8 Å². The van der Waals surface area contributed by atoms with Crippen molar-refractivity contribution in [3.63, 3.8) is 0 Å². The molecule has 0 bridgehead atoms. The maximum atomic E-state index is 12.0. The molecule has 0 unspecified atom stereocenters. The van der Waals surface area contributed by atoms with Crippen molar-refractivity contribution in [2.45, 2.75) is 76.0 Å². The van der Waals surface area contributed by atoms with Crippen LogP contribution in [0.15, 0.2) is 17.0 Å². The van der Waals surface area contributed by atoms with Crippen LogP contribution in [0, 0.1) is 11.3 Å². The zero-order valence-electron chi connectivity index (χ0n) is 15.9. The highest BCUT2D eigenvalue weighted by Gasteiger charge is 2.55. The van der Waals surface area contributed by atoms with Gasteiger partial charge in [0.1, 0.15) is 0 Å². The van der Waals surface area contributed by atoms with Crippen LogP contribution < -0.4 is 0 Å². The summed E-state index contributed by atoms with van der Waals surface area (Å²) in [5.41, 5.74) is 1.42. The molecule has 0 heterocycles. The van der Waals surface area contributed by atoms with Crippen LogP contribution in [0.25, 0.3) is 0 Å². The molecule has 0 aromatic heterocycles. The third-order valence-corrected chi connectivity index (χ3v) is 7.78. The predicted molar refractivity (Wildman–Crippen MR) is 99.1 cm³/mol. The summed E-state index contributed by atoms with van der Waals surface area (Å²) >= 11 is 0. The maximum absolute atomic E-state index is 12.0. The van der Waals surface area contributed by atoms with Crippen LogP contribution in [0.1, 0.15) is 76.0 Å². The monoisotopic (exact) mass is 380 g/mol. The number of benzene rings is 1. The number of carboxylic acid groups (broad SMARTS) is 1. The highest BCUT2D eigenvalue weighted by atomic mass is 32.2. The van der Waals surface area contributed by atoms with Crippen LogP contribution in [0.5, 0.6) is 0 Å². The minimum Gasteiger partial charge on any atom is -0.481 e. The van der Waals surface area contributed by atoms with Crippen LogP contribution in [0.4, 0.5) is 0 Å². The van der Waals surface area contributed by atoms with Crippen molar-refractivity contribution in [3.8, 4) is 0 Å². The van der Waals surface area contributed by atoms with E-state index in [1.165, 1.54) is 0 Å². The average Bonchev–Trinajstić information content (AvgIpc) is 2.52. The van der Waals surface area contributed by atoms with E-state index >= 15 is 0 Å². The first-order valence-electron chi connectivity index (χ1n) is 9.29. The van der Waals surface area contributed by atoms with E-state index in [1.807, 2.05) is 26.8 Å². The van der Waals surface area contributed by atoms with Crippen molar-refractivity contribution < 1.29 is 22.9 Å². The van der Waals surface area contributed by atoms with Gasteiger partial charge in [0.2, 0.25) is 0 Å². The summed E-state index contributed by atoms with van der Waals surface area (Å²) in [6.45, 7) is 7.71. The Morgan fingerprint density at radius 3 is 2.42 bits per heavy atom. The molecule has 2 aliphatic carbocycles. The molecule has 0 saturated heterocycles. The average molecular weight is 381 g/mol. The number of fused-ring (bicyclic) bond motifs is 3. The van der Waals surface area contributed by atoms with E-state index in [0.717, 1.165) is 36.8 Å². The second-order valence-electron chi connectivity index (χ2n) is 8.76. The van der Waals surface area contributed by atoms with Gasteiger partial charge in [0.25, 0.3) is 10.1 Å². The molecule has 0 amide bonds. The van der Waals surface area contributed by atoms with Gasteiger partial charge in [-0.1, -0.05) is 33.3 Å². The zero-order chi connectivity index (χ0) is 19.5. The topological polar surface area (TPSA) is 91.7 Å². The number of carboxylic acids is 1. The first-order chi connectivity index (χ1) is 11.9. The molecule has 1 aromatic carbocycles. The molecule has 1 aromatic rings. The lowest BCUT2D eigenvalue weighted by atomic mass is 9.50. The summed E-state index contributed by atoms with van der Waals surface area (Å²) in [4.78, 5) is 12.0. The lowest BCUT2D eigenvalue weighted by Gasteiger charge is -2.53. The van der Waals surface area contributed by atoms with Gasteiger partial charge in [-0.2, -0.15) is 8.42 Å². The van der Waals surface area contributed by atoms with E-state index in [2.05, 4.69) is 6.92 Å². The van der Waals surface area contributed by atoms with Crippen molar-refractivity contribution in [2.75, 3.05) is 0 Å². The molecule has 2 aliphatic rings. The first-order valence-corrected chi connectivity index (χ1v) is 10.7. The van der Waals surface area contributed by atoms with E-state index in [1.54, 1.807) is 6.07 Å². The summed E-state index contributed by atoms with van der Waals surface area (Å²) in [5.74, 6) is -0.850. The fourth-order valence-corrected chi connectivity index (χ4v) is 6.31. The fourth-order valence-electron chi connectivity index (χ4n) is 5.45. The first kappa shape index (κ1) is 19.4. The SMILES string of the molecule is CC(C)c1cc2c(cc1S(=O)(=O)O)[C@]1(C)CCC[C@@](C)(C(=O)O)[C@@H]1CC2. The van der Waals surface area contributed by atoms with Gasteiger partial charge in [0, 0.05) is 0 Å². The standard InChI is InChI=1S/C20H28O5S/c1-12(2)14-10-13-6-7-17-19(3,8-5-9-20(17,4)18(21)22)15(13)11-16(14)26(23,24)25/h10-12,17H,5-9H2,1-4H3,(H,21,22)(H,23,24,25)/t17-,19+,20-/m1/s1. The smallest absolute Gasteiger partial charge is 0.309 e. The molecule has 1 fully saturated rings. The van der Waals surface area contributed by atoms with Gasteiger partial charge >= 0.3 is 5.97 Å². The Morgan fingerprint density at radius 1 is 1.23 bits per heavy atom. The van der Waals surface area contributed by atoms with E-state index in [4.69, 9.17) is 0 Å². The van der Waals surface area contributed by atoms with Crippen LogP contribution in [0.3, 0.4) is 0 Å². The zero-order valence-corrected chi connectivity index (χ0v) is 16.7. The summed E-state index contributed by atoms with van der Waals surface area (Å²) in [7, 11) is -4.34. The number of aryl methyl sites for hydroxylation is 1. The van der Waals surface area contributed by atoms with Crippen molar-refractivity contribution >= 4 is 16.1 Å². The Kier molecular flexibility index (Phi) is 4.51. The number of carbonyl (C=O) groups is 1. The second kappa shape index (κ2) is 6.06. The lowest BCUT2D eigenvalue weighted by Crippen LogP contribution is -2.52. The van der Waals surface area contributed by atoms with Gasteiger partial charge in [0.15, 0.2) is 0 Å². The third kappa shape index (κ3) is 2.78. The highest BCUT2D eigenvalue weighted by molar-refractivity contribution is 7.85. The van der Waals surface area contributed by atoms with E-state index in [-0.39, 0.29) is 16.7 Å². The molecular weight excluding hydrogens is 352 g/mol. The molecule has 26 heavy (non-hydrogen) atoms. The Morgan fingerprint density at radius 2 is 1.88 bits per heavy atom. The Bertz CT molecular complexity index is 857. The minimum atomic E-state index is -4.34. The summed E-state index contributed by atoms with van der Waals surface area (Å²) in [6, 6.07) is 3.54. The molecule has 5 nitrogen and oxygen atoms in total. The predicted octanol–water partition coefficient (Wildman–Crippen LogP) is 4.15. The van der Waals surface area contributed by atoms with Gasteiger partial charge in [-0.15, -0.1) is 0 Å². The molecule has 144 valence electrons. The molecule has 3 rings (SSSR count). The van der Waals surface area contributed by atoms with Crippen molar-refractivity contribution in [2.24, 2.45) is 11.3 Å². The maximum Gasteiger partial charge on any atom is 0.309 e. The summed E-state index contributed by atoms with van der Waals surface area (Å²) in [6.07, 6.45) is 3.80. The van der Waals surface area contributed by atoms with Crippen LogP contribution in [-0.2, 0) is 26.7 Å². The van der Waals surface area contributed by atoms with Gasteiger partial charge < -0.3 is 5.11 Å². The van der Waals surface area contributed by atoms with Crippen LogP contribution in [0.2, 0.25) is 0 Å². The van der Waals surface area contributed by atoms with Gasteiger partial charge in [-0.3, -0.25) is 9.35 Å². The third-order valence-electron chi connectivity index (χ3n) is 6.87. The molecule has 3 atom stereocenters. The number of hydrogen-bond donors (Lipinski definition) is 2. The summed E-state index contributed by atoms with van der Waals surface area (Å²) in [5, 5.41) is 9.86. The van der Waals surface area contributed by atoms with Crippen LogP contribution >= 0.6 is 0 Å². The molecule has 0 radical (unpaired) electrons. The quantitative estimate of drug-likeness (QED) is 0.769. The van der Waals surface area contributed by atoms with E-state index < -0.39 is 26.9 Å². The molecule has 0 spiro atoms. The molecule has 0 aliphatic heterocycles. The van der Waals surface area contributed by atoms with Gasteiger partial charge in [-0.05, 0) is 72.6 Å². The Hall–Kier alpha value is -1.40. The van der Waals surface area contributed by atoms with Crippen molar-refractivity contribution in [1.82, 2.24) is 0 Å². The normalized spacial score (nSPS) is 31.4. The largest absolute Gasteiger partial charge is 0.481 e. The number of aliphatic carboxylic acids is 1. The van der Waals surface area contributed by atoms with E-state index in [9.17, 15) is 22.9 Å². The fraction of sp³-hybridized carbons (Fsp3) is 0.650. The lowest BCUT2D eigenvalue weighted by molar-refractivity contribution is -0.157. The Balaban J connectivity index is 2.24. The van der Waals surface area contributed by atoms with Gasteiger partial charge in [-0.25, -0.2) is 0 Å². The number of rotatable bonds is 3. The van der Waals surface area contributed by atoms with Gasteiger partial charge in [0.05, 0.1) is 10.3 Å². The molecule has 1 saturated carbocycles. The Labute approximate surface area is 155 Å². The summed E-state index contributed by atoms with van der Waals surface area (Å²) < 4.78 is 33.8. The minimum absolute atomic E-state index is 0.0293. The number of hydrogen-bond acceptors (Lipinski definition) is 3.